The lowest BCUT2D eigenvalue weighted by Gasteiger charge is -2.26. The third kappa shape index (κ3) is 5.84. The average molecular weight is 410 g/mol. The molecule has 28 heavy (non-hydrogen) atoms. The Balaban J connectivity index is 2.08. The lowest BCUT2D eigenvalue weighted by atomic mass is 10.1. The molecule has 0 heterocycles. The summed E-state index contributed by atoms with van der Waals surface area (Å²) in [5.74, 6) is -1.65. The van der Waals surface area contributed by atoms with E-state index in [2.05, 4.69) is 4.72 Å². The first-order valence-corrected chi connectivity index (χ1v) is 10.5. The van der Waals surface area contributed by atoms with Gasteiger partial charge in [0, 0.05) is 13.1 Å². The van der Waals surface area contributed by atoms with Gasteiger partial charge in [0.15, 0.2) is 0 Å². The number of carbonyl (C=O) groups excluding carboxylic acids is 1. The van der Waals surface area contributed by atoms with Crippen molar-refractivity contribution >= 4 is 15.9 Å². The van der Waals surface area contributed by atoms with Crippen LogP contribution in [0.15, 0.2) is 53.4 Å². The summed E-state index contributed by atoms with van der Waals surface area (Å²) in [6.45, 7) is 4.07. The second-order valence-corrected chi connectivity index (χ2v) is 8.16. The second kappa shape index (κ2) is 9.75. The van der Waals surface area contributed by atoms with Gasteiger partial charge in [-0.2, -0.15) is 4.72 Å². The van der Waals surface area contributed by atoms with Crippen LogP contribution in [0.3, 0.4) is 0 Å². The third-order valence-corrected chi connectivity index (χ3v) is 5.77. The van der Waals surface area contributed by atoms with Crippen LogP contribution < -0.4 is 4.72 Å². The van der Waals surface area contributed by atoms with Crippen LogP contribution in [0.5, 0.6) is 0 Å². The minimum Gasteiger partial charge on any atom is -0.341 e. The van der Waals surface area contributed by atoms with Crippen molar-refractivity contribution in [3.63, 3.8) is 0 Å². The Morgan fingerprint density at radius 2 is 1.82 bits per heavy atom. The van der Waals surface area contributed by atoms with Crippen LogP contribution in [0, 0.1) is 11.6 Å². The first-order chi connectivity index (χ1) is 13.2. The van der Waals surface area contributed by atoms with Crippen molar-refractivity contribution in [3.8, 4) is 0 Å². The molecule has 0 aromatic heterocycles. The molecule has 0 aliphatic heterocycles. The molecular formula is C20H24F2N2O3S. The van der Waals surface area contributed by atoms with Gasteiger partial charge in [-0.05, 0) is 49.6 Å². The van der Waals surface area contributed by atoms with Crippen LogP contribution in [0.4, 0.5) is 8.78 Å². The number of amides is 1. The smallest absolute Gasteiger partial charge is 0.244 e. The molecule has 1 atom stereocenters. The van der Waals surface area contributed by atoms with Gasteiger partial charge in [0.2, 0.25) is 15.9 Å². The van der Waals surface area contributed by atoms with Crippen LogP contribution in [-0.4, -0.2) is 38.4 Å². The Hall–Kier alpha value is -2.32. The Kier molecular flexibility index (Phi) is 7.65. The van der Waals surface area contributed by atoms with E-state index >= 15 is 0 Å². The number of nitrogens with zero attached hydrogens (tertiary/aromatic N) is 1. The number of benzene rings is 2. The van der Waals surface area contributed by atoms with Gasteiger partial charge in [-0.15, -0.1) is 0 Å². The highest BCUT2D eigenvalue weighted by atomic mass is 32.2. The van der Waals surface area contributed by atoms with Gasteiger partial charge < -0.3 is 4.90 Å². The lowest BCUT2D eigenvalue weighted by Crippen LogP contribution is -2.47. The van der Waals surface area contributed by atoms with Gasteiger partial charge in [-0.25, -0.2) is 17.2 Å². The van der Waals surface area contributed by atoms with Gasteiger partial charge in [0.1, 0.15) is 16.5 Å². The zero-order valence-corrected chi connectivity index (χ0v) is 16.7. The molecule has 0 aliphatic carbocycles. The molecule has 8 heteroatoms. The van der Waals surface area contributed by atoms with Gasteiger partial charge in [-0.3, -0.25) is 4.79 Å². The fourth-order valence-electron chi connectivity index (χ4n) is 2.84. The topological polar surface area (TPSA) is 66.5 Å². The van der Waals surface area contributed by atoms with E-state index in [1.807, 2.05) is 6.92 Å². The Morgan fingerprint density at radius 3 is 2.46 bits per heavy atom. The maximum Gasteiger partial charge on any atom is 0.244 e. The Morgan fingerprint density at radius 1 is 1.11 bits per heavy atom. The third-order valence-electron chi connectivity index (χ3n) is 4.19. The molecule has 152 valence electrons. The molecular weight excluding hydrogens is 386 g/mol. The van der Waals surface area contributed by atoms with E-state index in [-0.39, 0.29) is 5.82 Å². The van der Waals surface area contributed by atoms with Crippen LogP contribution in [-0.2, 0) is 21.2 Å². The second-order valence-electron chi connectivity index (χ2n) is 6.48. The fourth-order valence-corrected chi connectivity index (χ4v) is 4.12. The summed E-state index contributed by atoms with van der Waals surface area (Å²) in [5.41, 5.74) is 0.744. The van der Waals surface area contributed by atoms with Crippen molar-refractivity contribution in [1.29, 1.82) is 0 Å². The quantitative estimate of drug-likeness (QED) is 0.691. The molecule has 0 saturated carbocycles. The number of sulfonamides is 1. The summed E-state index contributed by atoms with van der Waals surface area (Å²) >= 11 is 0. The number of hydrogen-bond donors (Lipinski definition) is 1. The van der Waals surface area contributed by atoms with Crippen molar-refractivity contribution in [3.05, 3.63) is 65.7 Å². The largest absolute Gasteiger partial charge is 0.341 e. The molecule has 0 bridgehead atoms. The van der Waals surface area contributed by atoms with E-state index in [1.165, 1.54) is 36.1 Å². The van der Waals surface area contributed by atoms with E-state index in [9.17, 15) is 22.0 Å². The summed E-state index contributed by atoms with van der Waals surface area (Å²) < 4.78 is 54.2. The molecule has 2 aromatic rings. The van der Waals surface area contributed by atoms with E-state index in [0.29, 0.717) is 25.9 Å². The molecule has 1 N–H and O–H groups in total. The molecule has 2 rings (SSSR count). The molecule has 1 amide bonds. The number of halogens is 2. The number of carbonyl (C=O) groups is 1. The van der Waals surface area contributed by atoms with E-state index in [0.717, 1.165) is 17.7 Å². The highest BCUT2D eigenvalue weighted by molar-refractivity contribution is 7.89. The zero-order valence-electron chi connectivity index (χ0n) is 15.9. The Labute approximate surface area is 164 Å². The van der Waals surface area contributed by atoms with E-state index < -0.39 is 32.7 Å². The minimum atomic E-state index is -4.18. The van der Waals surface area contributed by atoms with E-state index in [4.69, 9.17) is 0 Å². The molecule has 5 nitrogen and oxygen atoms in total. The standard InChI is InChI=1S/C20H24F2N2O3S/c1-3-12-24(13-11-16-7-6-8-17(21)14-16)20(25)15(2)23-28(26,27)19-10-5-4-9-18(19)22/h4-10,14-15,23H,3,11-13H2,1-2H3/t15-/m0/s1. The Bertz CT molecular complexity index is 919. The molecule has 0 radical (unpaired) electrons. The first kappa shape index (κ1) is 22.0. The highest BCUT2D eigenvalue weighted by Crippen LogP contribution is 2.14. The number of nitrogens with one attached hydrogen (secondary N) is 1. The minimum absolute atomic E-state index is 0.321. The van der Waals surface area contributed by atoms with Gasteiger partial charge in [-0.1, -0.05) is 31.2 Å². The predicted molar refractivity (Wildman–Crippen MR) is 103 cm³/mol. The van der Waals surface area contributed by atoms with Crippen molar-refractivity contribution in [2.24, 2.45) is 0 Å². The first-order valence-electron chi connectivity index (χ1n) is 9.04. The number of rotatable bonds is 9. The van der Waals surface area contributed by atoms with Crippen LogP contribution in [0.1, 0.15) is 25.8 Å². The fraction of sp³-hybridized carbons (Fsp3) is 0.350. The zero-order chi connectivity index (χ0) is 20.7. The summed E-state index contributed by atoms with van der Waals surface area (Å²) in [6, 6.07) is 10.0. The summed E-state index contributed by atoms with van der Waals surface area (Å²) in [4.78, 5) is 13.8. The van der Waals surface area contributed by atoms with Crippen molar-refractivity contribution in [2.45, 2.75) is 37.6 Å². The molecule has 0 saturated heterocycles. The van der Waals surface area contributed by atoms with Crippen molar-refractivity contribution in [1.82, 2.24) is 9.62 Å². The normalized spacial score (nSPS) is 12.6. The SMILES string of the molecule is CCCN(CCc1cccc(F)c1)C(=O)[C@H](C)NS(=O)(=O)c1ccccc1F. The average Bonchev–Trinajstić information content (AvgIpc) is 2.64. The number of hydrogen-bond acceptors (Lipinski definition) is 3. The van der Waals surface area contributed by atoms with Crippen molar-refractivity contribution < 1.29 is 22.0 Å². The van der Waals surface area contributed by atoms with Gasteiger partial charge in [0.25, 0.3) is 0 Å². The summed E-state index contributed by atoms with van der Waals surface area (Å²) in [5, 5.41) is 0. The molecule has 0 fully saturated rings. The van der Waals surface area contributed by atoms with Crippen LogP contribution >= 0.6 is 0 Å². The predicted octanol–water partition coefficient (Wildman–Crippen LogP) is 3.11. The summed E-state index contributed by atoms with van der Waals surface area (Å²) in [7, 11) is -4.18. The lowest BCUT2D eigenvalue weighted by molar-refractivity contribution is -0.132. The van der Waals surface area contributed by atoms with Crippen LogP contribution in [0.25, 0.3) is 0 Å². The van der Waals surface area contributed by atoms with Gasteiger partial charge >= 0.3 is 0 Å². The van der Waals surface area contributed by atoms with Crippen LogP contribution in [0.2, 0.25) is 0 Å². The molecule has 0 unspecified atom stereocenters. The monoisotopic (exact) mass is 410 g/mol. The molecule has 0 spiro atoms. The summed E-state index contributed by atoms with van der Waals surface area (Å²) in [6.07, 6.45) is 1.12. The molecule has 2 aromatic carbocycles. The van der Waals surface area contributed by atoms with Crippen molar-refractivity contribution in [2.75, 3.05) is 13.1 Å². The highest BCUT2D eigenvalue weighted by Gasteiger charge is 2.27. The maximum absolute atomic E-state index is 13.8. The van der Waals surface area contributed by atoms with E-state index in [1.54, 1.807) is 12.1 Å². The molecule has 0 aliphatic rings. The maximum atomic E-state index is 13.8. The van der Waals surface area contributed by atoms with Gasteiger partial charge in [0.05, 0.1) is 6.04 Å².